The standard InChI is InChI=1S/C10H9BrO2.C4H8O2/c1-2-5-13-10-4-3-9(11)6-8(10)7-12;1-2-6-4-3-5-1/h2-4,6-7H,1,5H2;1-4H2. The van der Waals surface area contributed by atoms with Crippen molar-refractivity contribution in [1.82, 2.24) is 0 Å². The van der Waals surface area contributed by atoms with Crippen molar-refractivity contribution in [2.45, 2.75) is 0 Å². The second-order valence-corrected chi connectivity index (χ2v) is 4.54. The second kappa shape index (κ2) is 9.72. The van der Waals surface area contributed by atoms with Gasteiger partial charge in [-0.15, -0.1) is 0 Å². The molecule has 1 saturated heterocycles. The lowest BCUT2D eigenvalue weighted by atomic mass is 10.2. The number of ether oxygens (including phenoxy) is 3. The van der Waals surface area contributed by atoms with E-state index in [9.17, 15) is 4.79 Å². The minimum Gasteiger partial charge on any atom is -0.489 e. The van der Waals surface area contributed by atoms with Gasteiger partial charge in [0.2, 0.25) is 0 Å². The van der Waals surface area contributed by atoms with Crippen LogP contribution in [0.3, 0.4) is 0 Å². The summed E-state index contributed by atoms with van der Waals surface area (Å²) in [5.41, 5.74) is 0.538. The normalized spacial score (nSPS) is 13.9. The summed E-state index contributed by atoms with van der Waals surface area (Å²) in [5.74, 6) is 0.582. The summed E-state index contributed by atoms with van der Waals surface area (Å²) in [6, 6.07) is 5.29. The molecule has 0 amide bonds. The smallest absolute Gasteiger partial charge is 0.153 e. The molecule has 19 heavy (non-hydrogen) atoms. The van der Waals surface area contributed by atoms with Crippen LogP contribution < -0.4 is 4.74 Å². The fourth-order valence-electron chi connectivity index (χ4n) is 1.33. The number of carbonyl (C=O) groups excluding carboxylic acids is 1. The van der Waals surface area contributed by atoms with Crippen molar-refractivity contribution in [1.29, 1.82) is 0 Å². The molecule has 1 fully saturated rings. The van der Waals surface area contributed by atoms with Gasteiger partial charge in [-0.25, -0.2) is 0 Å². The summed E-state index contributed by atoms with van der Waals surface area (Å²) in [7, 11) is 0. The molecule has 0 unspecified atom stereocenters. The van der Waals surface area contributed by atoms with Crippen LogP contribution in [0.25, 0.3) is 0 Å². The molecule has 0 radical (unpaired) electrons. The van der Waals surface area contributed by atoms with Gasteiger partial charge in [-0.05, 0) is 18.2 Å². The molecule has 0 aliphatic carbocycles. The highest BCUT2D eigenvalue weighted by Gasteiger charge is 2.01. The van der Waals surface area contributed by atoms with Crippen molar-refractivity contribution in [3.05, 3.63) is 40.9 Å². The summed E-state index contributed by atoms with van der Waals surface area (Å²) in [4.78, 5) is 10.6. The van der Waals surface area contributed by atoms with Crippen molar-refractivity contribution in [3.8, 4) is 5.75 Å². The highest BCUT2D eigenvalue weighted by Crippen LogP contribution is 2.21. The van der Waals surface area contributed by atoms with Crippen LogP contribution in [0.4, 0.5) is 0 Å². The second-order valence-electron chi connectivity index (χ2n) is 3.62. The monoisotopic (exact) mass is 328 g/mol. The van der Waals surface area contributed by atoms with Gasteiger partial charge >= 0.3 is 0 Å². The molecule has 0 spiro atoms. The van der Waals surface area contributed by atoms with Crippen LogP contribution in [-0.4, -0.2) is 39.3 Å². The number of hydrogen-bond acceptors (Lipinski definition) is 4. The predicted molar refractivity (Wildman–Crippen MR) is 76.9 cm³/mol. The number of rotatable bonds is 4. The van der Waals surface area contributed by atoms with Crippen LogP contribution in [0.2, 0.25) is 0 Å². The van der Waals surface area contributed by atoms with Crippen LogP contribution in [0.1, 0.15) is 10.4 Å². The van der Waals surface area contributed by atoms with E-state index in [1.165, 1.54) is 0 Å². The Morgan fingerprint density at radius 1 is 1.26 bits per heavy atom. The third kappa shape index (κ3) is 6.52. The van der Waals surface area contributed by atoms with Gasteiger partial charge in [-0.3, -0.25) is 4.79 Å². The molecule has 5 heteroatoms. The van der Waals surface area contributed by atoms with Gasteiger partial charge in [-0.2, -0.15) is 0 Å². The number of hydrogen-bond donors (Lipinski definition) is 0. The van der Waals surface area contributed by atoms with Crippen molar-refractivity contribution in [2.24, 2.45) is 0 Å². The Morgan fingerprint density at radius 3 is 2.37 bits per heavy atom. The average Bonchev–Trinajstić information content (AvgIpc) is 2.48. The van der Waals surface area contributed by atoms with Crippen molar-refractivity contribution in [2.75, 3.05) is 33.0 Å². The largest absolute Gasteiger partial charge is 0.489 e. The van der Waals surface area contributed by atoms with E-state index in [-0.39, 0.29) is 0 Å². The van der Waals surface area contributed by atoms with E-state index >= 15 is 0 Å². The van der Waals surface area contributed by atoms with Crippen LogP contribution in [0.5, 0.6) is 5.75 Å². The van der Waals surface area contributed by atoms with Gasteiger partial charge in [0.1, 0.15) is 12.4 Å². The summed E-state index contributed by atoms with van der Waals surface area (Å²) in [6.07, 6.45) is 2.40. The number of benzene rings is 1. The maximum absolute atomic E-state index is 10.6. The van der Waals surface area contributed by atoms with Gasteiger partial charge < -0.3 is 14.2 Å². The maximum Gasteiger partial charge on any atom is 0.153 e. The summed E-state index contributed by atoms with van der Waals surface area (Å²) in [6.45, 7) is 7.04. The number of aldehydes is 1. The molecule has 1 aliphatic heterocycles. The van der Waals surface area contributed by atoms with E-state index in [1.54, 1.807) is 18.2 Å². The summed E-state index contributed by atoms with van der Waals surface area (Å²) >= 11 is 3.27. The highest BCUT2D eigenvalue weighted by molar-refractivity contribution is 9.10. The maximum atomic E-state index is 10.6. The lowest BCUT2D eigenvalue weighted by Crippen LogP contribution is -2.16. The van der Waals surface area contributed by atoms with Gasteiger partial charge in [0.25, 0.3) is 0 Å². The fourth-order valence-corrected chi connectivity index (χ4v) is 1.71. The van der Waals surface area contributed by atoms with Gasteiger partial charge in [-0.1, -0.05) is 28.6 Å². The molecule has 0 N–H and O–H groups in total. The molecule has 4 nitrogen and oxygen atoms in total. The zero-order valence-electron chi connectivity index (χ0n) is 10.6. The van der Waals surface area contributed by atoms with E-state index in [2.05, 4.69) is 22.5 Å². The third-order valence-electron chi connectivity index (χ3n) is 2.20. The van der Waals surface area contributed by atoms with Crippen LogP contribution in [0.15, 0.2) is 35.3 Å². The molecule has 2 rings (SSSR count). The van der Waals surface area contributed by atoms with Crippen molar-refractivity contribution >= 4 is 22.2 Å². The van der Waals surface area contributed by atoms with Crippen LogP contribution >= 0.6 is 15.9 Å². The van der Waals surface area contributed by atoms with E-state index in [1.807, 2.05) is 6.07 Å². The molecular formula is C14H17BrO4. The van der Waals surface area contributed by atoms with Gasteiger partial charge in [0.15, 0.2) is 6.29 Å². The minimum absolute atomic E-state index is 0.405. The Kier molecular flexibility index (Phi) is 8.13. The van der Waals surface area contributed by atoms with Crippen molar-refractivity contribution < 1.29 is 19.0 Å². The molecule has 1 aliphatic rings. The molecule has 0 saturated carbocycles. The minimum atomic E-state index is 0.405. The van der Waals surface area contributed by atoms with E-state index in [0.29, 0.717) is 17.9 Å². The molecule has 0 atom stereocenters. The molecular weight excluding hydrogens is 312 g/mol. The van der Waals surface area contributed by atoms with Gasteiger partial charge in [0, 0.05) is 4.47 Å². The van der Waals surface area contributed by atoms with Crippen LogP contribution in [0, 0.1) is 0 Å². The van der Waals surface area contributed by atoms with Crippen LogP contribution in [-0.2, 0) is 9.47 Å². The number of halogens is 1. The number of carbonyl (C=O) groups is 1. The molecule has 0 bridgehead atoms. The molecule has 0 aromatic heterocycles. The van der Waals surface area contributed by atoms with Crippen molar-refractivity contribution in [3.63, 3.8) is 0 Å². The Labute approximate surface area is 121 Å². The molecule has 1 heterocycles. The van der Waals surface area contributed by atoms with E-state index < -0.39 is 0 Å². The Balaban J connectivity index is 0.000000250. The Morgan fingerprint density at radius 2 is 1.89 bits per heavy atom. The summed E-state index contributed by atoms with van der Waals surface area (Å²) < 4.78 is 16.0. The first-order valence-electron chi connectivity index (χ1n) is 5.92. The zero-order chi connectivity index (χ0) is 13.9. The predicted octanol–water partition coefficient (Wildman–Crippen LogP) is 2.86. The first-order chi connectivity index (χ1) is 9.27. The van der Waals surface area contributed by atoms with Gasteiger partial charge in [0.05, 0.1) is 32.0 Å². The van der Waals surface area contributed by atoms with E-state index in [0.717, 1.165) is 37.2 Å². The average molecular weight is 329 g/mol. The third-order valence-corrected chi connectivity index (χ3v) is 2.69. The quantitative estimate of drug-likeness (QED) is 0.629. The first kappa shape index (κ1) is 15.9. The lowest BCUT2D eigenvalue weighted by Gasteiger charge is -2.09. The molecule has 1 aromatic rings. The molecule has 1 aromatic carbocycles. The topological polar surface area (TPSA) is 44.8 Å². The first-order valence-corrected chi connectivity index (χ1v) is 6.71. The molecule has 104 valence electrons. The van der Waals surface area contributed by atoms with E-state index in [4.69, 9.17) is 14.2 Å². The lowest BCUT2D eigenvalue weighted by molar-refractivity contribution is -0.0334. The highest BCUT2D eigenvalue weighted by atomic mass is 79.9. The Hall–Kier alpha value is -1.17. The Bertz CT molecular complexity index is 391. The zero-order valence-corrected chi connectivity index (χ0v) is 12.2. The fraction of sp³-hybridized carbons (Fsp3) is 0.357. The SMILES string of the molecule is C1COCCO1.C=CCOc1ccc(Br)cc1C=O. The summed E-state index contributed by atoms with van der Waals surface area (Å²) in [5, 5.41) is 0.